The molecule has 1 aliphatic rings. The Bertz CT molecular complexity index is 222. The van der Waals surface area contributed by atoms with Gasteiger partial charge in [-0.2, -0.15) is 0 Å². The van der Waals surface area contributed by atoms with Crippen LogP contribution in [-0.4, -0.2) is 55.0 Å². The van der Waals surface area contributed by atoms with Gasteiger partial charge in [0.15, 0.2) is 0 Å². The van der Waals surface area contributed by atoms with Gasteiger partial charge in [-0.05, 0) is 25.9 Å². The van der Waals surface area contributed by atoms with Gasteiger partial charge in [0.25, 0.3) is 0 Å². The van der Waals surface area contributed by atoms with Crippen molar-refractivity contribution in [3.05, 3.63) is 0 Å². The Kier molecular flexibility index (Phi) is 14.5. The van der Waals surface area contributed by atoms with Gasteiger partial charge in [0, 0.05) is 32.6 Å². The molecule has 1 fully saturated rings. The molecular formula is C13H29Cl2N3O. The largest absolute Gasteiger partial charge is 0.340 e. The molecule has 0 bridgehead atoms. The predicted molar refractivity (Wildman–Crippen MR) is 85.3 cm³/mol. The lowest BCUT2D eigenvalue weighted by atomic mass is 10.1. The molecule has 116 valence electrons. The summed E-state index contributed by atoms with van der Waals surface area (Å²) < 4.78 is 0. The normalized spacial score (nSPS) is 15.6. The molecule has 0 radical (unpaired) electrons. The first-order valence-corrected chi connectivity index (χ1v) is 6.98. The first-order chi connectivity index (χ1) is 8.27. The average molecular weight is 314 g/mol. The van der Waals surface area contributed by atoms with Gasteiger partial charge >= 0.3 is 0 Å². The van der Waals surface area contributed by atoms with Crippen LogP contribution in [0.3, 0.4) is 0 Å². The lowest BCUT2D eigenvalue weighted by molar-refractivity contribution is -0.133. The van der Waals surface area contributed by atoms with Crippen LogP contribution in [-0.2, 0) is 4.79 Å². The van der Waals surface area contributed by atoms with E-state index in [1.807, 2.05) is 4.90 Å². The maximum atomic E-state index is 11.9. The van der Waals surface area contributed by atoms with E-state index < -0.39 is 0 Å². The van der Waals surface area contributed by atoms with Crippen LogP contribution >= 0.6 is 24.8 Å². The standard InChI is InChI=1S/C13H27N3O.2ClH/c1-2-15-9-11-16(12-10-15)13(17)7-5-3-4-6-8-14;;/h2-12,14H2,1H3;2*1H. The molecule has 0 spiro atoms. The van der Waals surface area contributed by atoms with Crippen LogP contribution in [0.25, 0.3) is 0 Å². The number of nitrogens with two attached hydrogens (primary N) is 1. The molecule has 6 heteroatoms. The van der Waals surface area contributed by atoms with Crippen LogP contribution in [0.1, 0.15) is 39.0 Å². The molecular weight excluding hydrogens is 285 g/mol. The highest BCUT2D eigenvalue weighted by Gasteiger charge is 2.19. The smallest absolute Gasteiger partial charge is 0.222 e. The topological polar surface area (TPSA) is 49.6 Å². The zero-order valence-electron chi connectivity index (χ0n) is 12.0. The number of likely N-dealkylation sites (N-methyl/N-ethyl adjacent to an activating group) is 1. The number of rotatable bonds is 7. The SMILES string of the molecule is CCN1CCN(C(=O)CCCCCCN)CC1.Cl.Cl. The summed E-state index contributed by atoms with van der Waals surface area (Å²) in [6.45, 7) is 7.94. The van der Waals surface area contributed by atoms with E-state index in [1.165, 1.54) is 0 Å². The van der Waals surface area contributed by atoms with E-state index in [0.717, 1.165) is 71.4 Å². The summed E-state index contributed by atoms with van der Waals surface area (Å²) in [4.78, 5) is 16.3. The van der Waals surface area contributed by atoms with Gasteiger partial charge in [-0.15, -0.1) is 24.8 Å². The summed E-state index contributed by atoms with van der Waals surface area (Å²) in [6, 6.07) is 0. The van der Waals surface area contributed by atoms with Gasteiger partial charge in [-0.1, -0.05) is 19.8 Å². The number of nitrogens with zero attached hydrogens (tertiary/aromatic N) is 2. The highest BCUT2D eigenvalue weighted by Crippen LogP contribution is 2.08. The Morgan fingerprint density at radius 3 is 2.11 bits per heavy atom. The van der Waals surface area contributed by atoms with Crippen molar-refractivity contribution >= 4 is 30.7 Å². The number of hydrogen-bond donors (Lipinski definition) is 1. The quantitative estimate of drug-likeness (QED) is 0.730. The molecule has 1 heterocycles. The second kappa shape index (κ2) is 13.0. The summed E-state index contributed by atoms with van der Waals surface area (Å²) in [5, 5.41) is 0. The Hall–Kier alpha value is -0.0300. The molecule has 0 unspecified atom stereocenters. The number of amides is 1. The fraction of sp³-hybridized carbons (Fsp3) is 0.923. The van der Waals surface area contributed by atoms with Crippen LogP contribution < -0.4 is 5.73 Å². The third-order valence-corrected chi connectivity index (χ3v) is 3.52. The number of piperazine rings is 1. The van der Waals surface area contributed by atoms with Crippen LogP contribution in [0, 0.1) is 0 Å². The van der Waals surface area contributed by atoms with Crippen molar-refractivity contribution in [3.8, 4) is 0 Å². The monoisotopic (exact) mass is 313 g/mol. The van der Waals surface area contributed by atoms with Crippen LogP contribution in [0.2, 0.25) is 0 Å². The number of unbranched alkanes of at least 4 members (excludes halogenated alkanes) is 3. The summed E-state index contributed by atoms with van der Waals surface area (Å²) in [5.41, 5.74) is 5.43. The minimum atomic E-state index is 0. The molecule has 1 rings (SSSR count). The molecule has 4 nitrogen and oxygen atoms in total. The van der Waals surface area contributed by atoms with Crippen molar-refractivity contribution in [2.45, 2.75) is 39.0 Å². The van der Waals surface area contributed by atoms with Crippen molar-refractivity contribution in [3.63, 3.8) is 0 Å². The molecule has 0 aliphatic carbocycles. The molecule has 0 aromatic rings. The van der Waals surface area contributed by atoms with Gasteiger partial charge in [0.05, 0.1) is 0 Å². The van der Waals surface area contributed by atoms with Crippen LogP contribution in [0.4, 0.5) is 0 Å². The number of carbonyl (C=O) groups is 1. The number of hydrogen-bond acceptors (Lipinski definition) is 3. The van der Waals surface area contributed by atoms with Gasteiger partial charge in [-0.25, -0.2) is 0 Å². The summed E-state index contributed by atoms with van der Waals surface area (Å²) >= 11 is 0. The number of halogens is 2. The maximum Gasteiger partial charge on any atom is 0.222 e. The molecule has 1 amide bonds. The van der Waals surface area contributed by atoms with Gasteiger partial charge in [-0.3, -0.25) is 4.79 Å². The maximum absolute atomic E-state index is 11.9. The van der Waals surface area contributed by atoms with Crippen molar-refractivity contribution < 1.29 is 4.79 Å². The van der Waals surface area contributed by atoms with Gasteiger partial charge in [0.2, 0.25) is 5.91 Å². The highest BCUT2D eigenvalue weighted by atomic mass is 35.5. The van der Waals surface area contributed by atoms with Crippen molar-refractivity contribution in [1.29, 1.82) is 0 Å². The van der Waals surface area contributed by atoms with Crippen LogP contribution in [0.15, 0.2) is 0 Å². The van der Waals surface area contributed by atoms with Crippen molar-refractivity contribution in [2.75, 3.05) is 39.3 Å². The van der Waals surface area contributed by atoms with E-state index in [-0.39, 0.29) is 24.8 Å². The zero-order valence-corrected chi connectivity index (χ0v) is 13.6. The molecule has 2 N–H and O–H groups in total. The molecule has 0 atom stereocenters. The van der Waals surface area contributed by atoms with E-state index in [4.69, 9.17) is 5.73 Å². The predicted octanol–water partition coefficient (Wildman–Crippen LogP) is 1.90. The third kappa shape index (κ3) is 8.69. The van der Waals surface area contributed by atoms with Crippen molar-refractivity contribution in [2.24, 2.45) is 5.73 Å². The summed E-state index contributed by atoms with van der Waals surface area (Å²) in [7, 11) is 0. The molecule has 19 heavy (non-hydrogen) atoms. The minimum Gasteiger partial charge on any atom is -0.340 e. The molecule has 0 saturated carbocycles. The van der Waals surface area contributed by atoms with E-state index in [1.54, 1.807) is 0 Å². The molecule has 1 saturated heterocycles. The third-order valence-electron chi connectivity index (χ3n) is 3.52. The molecule has 0 aromatic heterocycles. The second-order valence-corrected chi connectivity index (χ2v) is 4.77. The average Bonchev–Trinajstić information content (AvgIpc) is 2.38. The minimum absolute atomic E-state index is 0. The summed E-state index contributed by atoms with van der Waals surface area (Å²) in [5.74, 6) is 0.341. The Morgan fingerprint density at radius 1 is 1.00 bits per heavy atom. The van der Waals surface area contributed by atoms with E-state index >= 15 is 0 Å². The summed E-state index contributed by atoms with van der Waals surface area (Å²) in [6.07, 6.45) is 5.12. The van der Waals surface area contributed by atoms with Gasteiger partial charge < -0.3 is 15.5 Å². The van der Waals surface area contributed by atoms with E-state index in [2.05, 4.69) is 11.8 Å². The lowest BCUT2D eigenvalue weighted by Crippen LogP contribution is -2.48. The Morgan fingerprint density at radius 2 is 1.58 bits per heavy atom. The fourth-order valence-corrected chi connectivity index (χ4v) is 2.25. The zero-order chi connectivity index (χ0) is 12.5. The molecule has 1 aliphatic heterocycles. The van der Waals surface area contributed by atoms with Crippen LogP contribution in [0.5, 0.6) is 0 Å². The number of carbonyl (C=O) groups excluding carboxylic acids is 1. The Balaban J connectivity index is 0. The first kappa shape index (κ1) is 21.3. The Labute approximate surface area is 129 Å². The van der Waals surface area contributed by atoms with Crippen molar-refractivity contribution in [1.82, 2.24) is 9.80 Å². The lowest BCUT2D eigenvalue weighted by Gasteiger charge is -2.34. The fourth-order valence-electron chi connectivity index (χ4n) is 2.25. The van der Waals surface area contributed by atoms with E-state index in [0.29, 0.717) is 5.91 Å². The van der Waals surface area contributed by atoms with Gasteiger partial charge in [0.1, 0.15) is 0 Å². The molecule has 0 aromatic carbocycles. The van der Waals surface area contributed by atoms with E-state index in [9.17, 15) is 4.79 Å². The first-order valence-electron chi connectivity index (χ1n) is 6.98. The highest BCUT2D eigenvalue weighted by molar-refractivity contribution is 5.85. The second-order valence-electron chi connectivity index (χ2n) is 4.77.